The molecule has 0 atom stereocenters. The van der Waals surface area contributed by atoms with E-state index in [9.17, 15) is 5.26 Å². The summed E-state index contributed by atoms with van der Waals surface area (Å²) in [5.74, 6) is 0.662. The zero-order valence-electron chi connectivity index (χ0n) is 11.4. The molecule has 1 aromatic carbocycles. The predicted molar refractivity (Wildman–Crippen MR) is 78.1 cm³/mol. The zero-order chi connectivity index (χ0) is 13.5. The molecule has 0 aromatic heterocycles. The summed E-state index contributed by atoms with van der Waals surface area (Å²) in [5.41, 5.74) is 1.55. The molecule has 0 saturated carbocycles. The minimum absolute atomic E-state index is 0.540. The Bertz CT molecular complexity index is 419. The maximum Gasteiger partial charge on any atom is 0.103 e. The lowest BCUT2D eigenvalue weighted by molar-refractivity contribution is 0.486. The zero-order valence-corrected chi connectivity index (χ0v) is 12.2. The third-order valence-corrected chi connectivity index (χ3v) is 3.77. The lowest BCUT2D eigenvalue weighted by atomic mass is 10.0. The molecule has 0 heterocycles. The van der Waals surface area contributed by atoms with E-state index in [0.29, 0.717) is 16.5 Å². The van der Waals surface area contributed by atoms with E-state index < -0.39 is 0 Å². The third kappa shape index (κ3) is 3.40. The molecular weight excluding hydrogens is 244 g/mol. The van der Waals surface area contributed by atoms with E-state index >= 15 is 0 Å². The topological polar surface area (TPSA) is 27.0 Å². The van der Waals surface area contributed by atoms with E-state index in [0.717, 1.165) is 31.6 Å². The average molecular weight is 265 g/mol. The number of halogens is 1. The molecule has 98 valence electrons. The fourth-order valence-electron chi connectivity index (χ4n) is 2.14. The van der Waals surface area contributed by atoms with E-state index in [2.05, 4.69) is 31.7 Å². The van der Waals surface area contributed by atoms with Gasteiger partial charge in [0, 0.05) is 13.1 Å². The Morgan fingerprint density at radius 2 is 1.94 bits per heavy atom. The Balaban J connectivity index is 3.02. The number of anilines is 1. The van der Waals surface area contributed by atoms with Gasteiger partial charge in [-0.25, -0.2) is 0 Å². The number of nitrogens with zero attached hydrogens (tertiary/aromatic N) is 2. The van der Waals surface area contributed by atoms with Gasteiger partial charge >= 0.3 is 0 Å². The maximum atomic E-state index is 9.23. The fraction of sp³-hybridized carbons (Fsp3) is 0.533. The minimum atomic E-state index is 0.540. The third-order valence-electron chi connectivity index (χ3n) is 3.46. The van der Waals surface area contributed by atoms with Crippen molar-refractivity contribution >= 4 is 17.3 Å². The standard InChI is InChI=1S/C15H21ClN2/c1-4-12(5-2)11-18(6-3)15-9-7-8-14(16)13(15)10-17/h7-9,12H,4-6,11H2,1-3H3. The molecule has 0 aliphatic carbocycles. The SMILES string of the molecule is CCC(CC)CN(CC)c1cccc(Cl)c1C#N. The molecule has 1 aromatic rings. The number of hydrogen-bond acceptors (Lipinski definition) is 2. The van der Waals surface area contributed by atoms with Crippen LogP contribution in [0.5, 0.6) is 0 Å². The summed E-state index contributed by atoms with van der Waals surface area (Å²) in [6.45, 7) is 8.42. The van der Waals surface area contributed by atoms with E-state index in [1.54, 1.807) is 6.07 Å². The Morgan fingerprint density at radius 3 is 2.44 bits per heavy atom. The van der Waals surface area contributed by atoms with Gasteiger partial charge in [-0.2, -0.15) is 5.26 Å². The summed E-state index contributed by atoms with van der Waals surface area (Å²) in [5, 5.41) is 9.77. The molecule has 0 fully saturated rings. The summed E-state index contributed by atoms with van der Waals surface area (Å²) in [6, 6.07) is 7.88. The summed E-state index contributed by atoms with van der Waals surface area (Å²) in [4.78, 5) is 2.25. The van der Waals surface area contributed by atoms with Crippen LogP contribution in [-0.2, 0) is 0 Å². The van der Waals surface area contributed by atoms with Gasteiger partial charge in [0.15, 0.2) is 0 Å². The largest absolute Gasteiger partial charge is 0.370 e. The van der Waals surface area contributed by atoms with Crippen molar-refractivity contribution in [2.24, 2.45) is 5.92 Å². The van der Waals surface area contributed by atoms with Crippen molar-refractivity contribution in [3.8, 4) is 6.07 Å². The maximum absolute atomic E-state index is 9.23. The van der Waals surface area contributed by atoms with E-state index in [1.807, 2.05) is 12.1 Å². The molecule has 0 N–H and O–H groups in total. The molecule has 0 unspecified atom stereocenters. The fourth-order valence-corrected chi connectivity index (χ4v) is 2.36. The molecule has 0 radical (unpaired) electrons. The molecule has 0 aliphatic rings. The van der Waals surface area contributed by atoms with Gasteiger partial charge in [-0.05, 0) is 25.0 Å². The number of benzene rings is 1. The normalized spacial score (nSPS) is 10.4. The molecule has 0 bridgehead atoms. The Morgan fingerprint density at radius 1 is 1.28 bits per heavy atom. The van der Waals surface area contributed by atoms with Crippen molar-refractivity contribution in [1.82, 2.24) is 0 Å². The molecular formula is C15H21ClN2. The van der Waals surface area contributed by atoms with Crippen molar-refractivity contribution < 1.29 is 0 Å². The Labute approximate surface area is 115 Å². The van der Waals surface area contributed by atoms with Crippen molar-refractivity contribution in [2.45, 2.75) is 33.6 Å². The number of rotatable bonds is 6. The highest BCUT2D eigenvalue weighted by atomic mass is 35.5. The van der Waals surface area contributed by atoms with Crippen LogP contribution in [0.3, 0.4) is 0 Å². The van der Waals surface area contributed by atoms with Crippen LogP contribution >= 0.6 is 11.6 Å². The van der Waals surface area contributed by atoms with Gasteiger partial charge in [-0.15, -0.1) is 0 Å². The van der Waals surface area contributed by atoms with Gasteiger partial charge in [-0.3, -0.25) is 0 Å². The van der Waals surface area contributed by atoms with Crippen molar-refractivity contribution in [1.29, 1.82) is 5.26 Å². The van der Waals surface area contributed by atoms with E-state index in [1.165, 1.54) is 0 Å². The monoisotopic (exact) mass is 264 g/mol. The summed E-state index contributed by atoms with van der Waals surface area (Å²) < 4.78 is 0. The van der Waals surface area contributed by atoms with Crippen LogP contribution in [0.1, 0.15) is 39.2 Å². The van der Waals surface area contributed by atoms with Crippen LogP contribution in [0, 0.1) is 17.2 Å². The first kappa shape index (κ1) is 14.9. The predicted octanol–water partition coefficient (Wildman–Crippen LogP) is 4.47. The summed E-state index contributed by atoms with van der Waals surface area (Å²) in [7, 11) is 0. The first-order chi connectivity index (χ1) is 8.67. The molecule has 0 spiro atoms. The Hall–Kier alpha value is -1.20. The molecule has 1 rings (SSSR count). The summed E-state index contributed by atoms with van der Waals surface area (Å²) in [6.07, 6.45) is 2.32. The first-order valence-corrected chi connectivity index (χ1v) is 6.99. The van der Waals surface area contributed by atoms with Crippen molar-refractivity contribution in [2.75, 3.05) is 18.0 Å². The Kier molecular flexibility index (Phi) is 6.01. The van der Waals surface area contributed by atoms with Crippen LogP contribution < -0.4 is 4.90 Å². The highest BCUT2D eigenvalue weighted by Gasteiger charge is 2.15. The first-order valence-electron chi connectivity index (χ1n) is 6.61. The quantitative estimate of drug-likeness (QED) is 0.758. The van der Waals surface area contributed by atoms with Gasteiger partial charge in [0.1, 0.15) is 6.07 Å². The van der Waals surface area contributed by atoms with Crippen LogP contribution in [0.4, 0.5) is 5.69 Å². The number of hydrogen-bond donors (Lipinski definition) is 0. The highest BCUT2D eigenvalue weighted by molar-refractivity contribution is 6.32. The van der Waals surface area contributed by atoms with Gasteiger partial charge < -0.3 is 4.90 Å². The minimum Gasteiger partial charge on any atom is -0.370 e. The molecule has 3 heteroatoms. The second kappa shape index (κ2) is 7.28. The molecule has 0 aliphatic heterocycles. The van der Waals surface area contributed by atoms with Crippen LogP contribution in [0.2, 0.25) is 5.02 Å². The second-order valence-electron chi connectivity index (χ2n) is 4.47. The molecule has 2 nitrogen and oxygen atoms in total. The molecule has 0 amide bonds. The van der Waals surface area contributed by atoms with Crippen molar-refractivity contribution in [3.63, 3.8) is 0 Å². The van der Waals surface area contributed by atoms with Gasteiger partial charge in [0.25, 0.3) is 0 Å². The van der Waals surface area contributed by atoms with Crippen LogP contribution in [0.25, 0.3) is 0 Å². The van der Waals surface area contributed by atoms with E-state index in [-0.39, 0.29) is 0 Å². The average Bonchev–Trinajstić information content (AvgIpc) is 2.40. The lowest BCUT2D eigenvalue weighted by Crippen LogP contribution is -2.29. The van der Waals surface area contributed by atoms with E-state index in [4.69, 9.17) is 11.6 Å². The van der Waals surface area contributed by atoms with Crippen LogP contribution in [0.15, 0.2) is 18.2 Å². The van der Waals surface area contributed by atoms with Crippen LogP contribution in [-0.4, -0.2) is 13.1 Å². The lowest BCUT2D eigenvalue weighted by Gasteiger charge is -2.28. The second-order valence-corrected chi connectivity index (χ2v) is 4.87. The molecule has 18 heavy (non-hydrogen) atoms. The van der Waals surface area contributed by atoms with Gasteiger partial charge in [0.05, 0.1) is 16.3 Å². The van der Waals surface area contributed by atoms with Crippen molar-refractivity contribution in [3.05, 3.63) is 28.8 Å². The smallest absolute Gasteiger partial charge is 0.103 e. The number of nitriles is 1. The van der Waals surface area contributed by atoms with Gasteiger partial charge in [-0.1, -0.05) is 44.4 Å². The highest BCUT2D eigenvalue weighted by Crippen LogP contribution is 2.27. The summed E-state index contributed by atoms with van der Waals surface area (Å²) >= 11 is 6.09. The van der Waals surface area contributed by atoms with Gasteiger partial charge in [0.2, 0.25) is 0 Å². The molecule has 0 saturated heterocycles.